The number of hydrogen-bond donors (Lipinski definition) is 1. The second-order valence-electron chi connectivity index (χ2n) is 10.1. The molecule has 1 aliphatic rings. The van der Waals surface area contributed by atoms with Crippen molar-refractivity contribution in [3.8, 4) is 17.2 Å². The van der Waals surface area contributed by atoms with E-state index >= 15 is 0 Å². The number of rotatable bonds is 9. The van der Waals surface area contributed by atoms with Gasteiger partial charge in [0.2, 0.25) is 0 Å². The molecule has 5 nitrogen and oxygen atoms in total. The van der Waals surface area contributed by atoms with E-state index in [-0.39, 0.29) is 12.0 Å². The van der Waals surface area contributed by atoms with Gasteiger partial charge in [0, 0.05) is 11.6 Å². The molecule has 2 aromatic carbocycles. The third-order valence-electron chi connectivity index (χ3n) is 7.41. The highest BCUT2D eigenvalue weighted by molar-refractivity contribution is 5.56. The number of piperidine rings is 1. The molecule has 2 atom stereocenters. The Labute approximate surface area is 206 Å². The Bertz CT molecular complexity index is 965. The summed E-state index contributed by atoms with van der Waals surface area (Å²) >= 11 is 0. The van der Waals surface area contributed by atoms with Crippen molar-refractivity contribution >= 4 is 0 Å². The lowest BCUT2D eigenvalue weighted by molar-refractivity contribution is -0.0212. The molecule has 1 aliphatic heterocycles. The van der Waals surface area contributed by atoms with Crippen molar-refractivity contribution in [2.45, 2.75) is 77.4 Å². The molecule has 188 valence electrons. The lowest BCUT2D eigenvalue weighted by Gasteiger charge is -2.44. The zero-order chi connectivity index (χ0) is 25.0. The summed E-state index contributed by atoms with van der Waals surface area (Å²) in [6.45, 7) is 12.8. The van der Waals surface area contributed by atoms with Crippen LogP contribution in [-0.4, -0.2) is 50.5 Å². The number of likely N-dealkylation sites (tertiary alicyclic amines) is 1. The Kier molecular flexibility index (Phi) is 8.53. The molecule has 0 bridgehead atoms. The van der Waals surface area contributed by atoms with Gasteiger partial charge < -0.3 is 19.3 Å². The van der Waals surface area contributed by atoms with Gasteiger partial charge in [-0.2, -0.15) is 0 Å². The van der Waals surface area contributed by atoms with E-state index in [1.165, 1.54) is 12.0 Å². The van der Waals surface area contributed by atoms with Crippen molar-refractivity contribution in [2.24, 2.45) is 0 Å². The first-order chi connectivity index (χ1) is 16.2. The Morgan fingerprint density at radius 2 is 1.44 bits per heavy atom. The fraction of sp³-hybridized carbons (Fsp3) is 0.586. The lowest BCUT2D eigenvalue weighted by Crippen LogP contribution is -2.51. The predicted octanol–water partition coefficient (Wildman–Crippen LogP) is 6.07. The highest BCUT2D eigenvalue weighted by Gasteiger charge is 2.44. The van der Waals surface area contributed by atoms with Crippen LogP contribution in [0.1, 0.15) is 88.0 Å². The smallest absolute Gasteiger partial charge is 0.161 e. The standard InChI is InChI=1S/C29H43NO4/c1-19(2)22-16-24(20(3)4)28(34-8)25(17-22)29(31,21(5)30-14-10-9-11-15-30)23-12-13-26(32-6)27(18-23)33-7/h12-13,16-21,31H,9-11,14-15H2,1-8H3. The zero-order valence-corrected chi connectivity index (χ0v) is 22.3. The van der Waals surface area contributed by atoms with E-state index in [2.05, 4.69) is 51.7 Å². The van der Waals surface area contributed by atoms with Crippen molar-refractivity contribution in [1.29, 1.82) is 0 Å². The summed E-state index contributed by atoms with van der Waals surface area (Å²) in [5.74, 6) is 2.59. The minimum absolute atomic E-state index is 0.165. The fourth-order valence-electron chi connectivity index (χ4n) is 5.21. The summed E-state index contributed by atoms with van der Waals surface area (Å²) in [5, 5.41) is 12.9. The molecule has 1 saturated heterocycles. The number of hydrogen-bond acceptors (Lipinski definition) is 5. The summed E-state index contributed by atoms with van der Waals surface area (Å²) in [7, 11) is 4.97. The van der Waals surface area contributed by atoms with Crippen LogP contribution in [0, 0.1) is 0 Å². The van der Waals surface area contributed by atoms with Gasteiger partial charge in [-0.3, -0.25) is 4.90 Å². The maximum Gasteiger partial charge on any atom is 0.161 e. The van der Waals surface area contributed by atoms with Gasteiger partial charge in [-0.15, -0.1) is 0 Å². The highest BCUT2D eigenvalue weighted by atomic mass is 16.5. The van der Waals surface area contributed by atoms with E-state index in [0.29, 0.717) is 17.4 Å². The van der Waals surface area contributed by atoms with Crippen molar-refractivity contribution in [3.63, 3.8) is 0 Å². The van der Waals surface area contributed by atoms with Crippen LogP contribution in [0.25, 0.3) is 0 Å². The van der Waals surface area contributed by atoms with Gasteiger partial charge in [-0.1, -0.05) is 46.2 Å². The van der Waals surface area contributed by atoms with E-state index in [9.17, 15) is 5.11 Å². The van der Waals surface area contributed by atoms with Gasteiger partial charge in [0.15, 0.2) is 11.5 Å². The molecule has 0 saturated carbocycles. The van der Waals surface area contributed by atoms with Crippen LogP contribution in [0.4, 0.5) is 0 Å². The lowest BCUT2D eigenvalue weighted by atomic mass is 9.76. The van der Waals surface area contributed by atoms with Crippen molar-refractivity contribution < 1.29 is 19.3 Å². The first-order valence-corrected chi connectivity index (χ1v) is 12.6. The number of benzene rings is 2. The second kappa shape index (κ2) is 11.0. The molecule has 2 aromatic rings. The van der Waals surface area contributed by atoms with E-state index in [4.69, 9.17) is 14.2 Å². The van der Waals surface area contributed by atoms with E-state index < -0.39 is 5.60 Å². The summed E-state index contributed by atoms with van der Waals surface area (Å²) < 4.78 is 17.2. The van der Waals surface area contributed by atoms with Crippen molar-refractivity contribution in [2.75, 3.05) is 34.4 Å². The summed E-state index contributed by atoms with van der Waals surface area (Å²) in [5.41, 5.74) is 2.60. The van der Waals surface area contributed by atoms with Crippen LogP contribution in [0.2, 0.25) is 0 Å². The molecule has 0 spiro atoms. The third-order valence-corrected chi connectivity index (χ3v) is 7.41. The highest BCUT2D eigenvalue weighted by Crippen LogP contribution is 2.46. The fourth-order valence-corrected chi connectivity index (χ4v) is 5.21. The average Bonchev–Trinajstić information content (AvgIpc) is 2.86. The number of nitrogens with zero attached hydrogens (tertiary/aromatic N) is 1. The minimum atomic E-state index is -1.31. The number of methoxy groups -OCH3 is 3. The van der Waals surface area contributed by atoms with Crippen LogP contribution < -0.4 is 14.2 Å². The van der Waals surface area contributed by atoms with Crippen LogP contribution >= 0.6 is 0 Å². The van der Waals surface area contributed by atoms with Crippen LogP contribution in [-0.2, 0) is 5.60 Å². The van der Waals surface area contributed by atoms with Gasteiger partial charge in [0.1, 0.15) is 11.4 Å². The zero-order valence-electron chi connectivity index (χ0n) is 22.3. The Morgan fingerprint density at radius 1 is 0.794 bits per heavy atom. The maximum absolute atomic E-state index is 12.9. The second-order valence-corrected chi connectivity index (χ2v) is 10.1. The van der Waals surface area contributed by atoms with Gasteiger partial charge in [0.25, 0.3) is 0 Å². The molecule has 34 heavy (non-hydrogen) atoms. The predicted molar refractivity (Wildman–Crippen MR) is 139 cm³/mol. The topological polar surface area (TPSA) is 51.2 Å². The van der Waals surface area contributed by atoms with E-state index in [1.807, 2.05) is 18.2 Å². The van der Waals surface area contributed by atoms with Gasteiger partial charge >= 0.3 is 0 Å². The SMILES string of the molecule is COc1ccc(C(O)(c2cc(C(C)C)cc(C(C)C)c2OC)C(C)N2CCCCC2)cc1OC. The monoisotopic (exact) mass is 469 g/mol. The van der Waals surface area contributed by atoms with Gasteiger partial charge in [-0.05, 0) is 79.6 Å². The van der Waals surface area contributed by atoms with Gasteiger partial charge in [0.05, 0.1) is 21.3 Å². The maximum atomic E-state index is 12.9. The van der Waals surface area contributed by atoms with E-state index in [0.717, 1.165) is 48.4 Å². The number of ether oxygens (including phenoxy) is 3. The Balaban J connectivity index is 2.34. The minimum Gasteiger partial charge on any atom is -0.496 e. The molecule has 0 aliphatic carbocycles. The first kappa shape index (κ1) is 26.4. The molecule has 0 aromatic heterocycles. The Hall–Kier alpha value is -2.24. The van der Waals surface area contributed by atoms with Gasteiger partial charge in [-0.25, -0.2) is 0 Å². The van der Waals surface area contributed by atoms with Crippen molar-refractivity contribution in [1.82, 2.24) is 4.90 Å². The quantitative estimate of drug-likeness (QED) is 0.483. The molecular formula is C29H43NO4. The molecule has 5 heteroatoms. The summed E-state index contributed by atoms with van der Waals surface area (Å²) in [6.07, 6.45) is 3.53. The molecule has 3 rings (SSSR count). The molecule has 1 heterocycles. The third kappa shape index (κ3) is 4.92. The van der Waals surface area contributed by atoms with E-state index in [1.54, 1.807) is 21.3 Å². The van der Waals surface area contributed by atoms with Crippen LogP contribution in [0.5, 0.6) is 17.2 Å². The molecular weight excluding hydrogens is 426 g/mol. The molecule has 2 unspecified atom stereocenters. The number of aliphatic hydroxyl groups is 1. The normalized spacial score (nSPS) is 17.5. The van der Waals surface area contributed by atoms with Crippen molar-refractivity contribution in [3.05, 3.63) is 52.6 Å². The average molecular weight is 470 g/mol. The molecule has 1 N–H and O–H groups in total. The largest absolute Gasteiger partial charge is 0.496 e. The summed E-state index contributed by atoms with van der Waals surface area (Å²) in [6, 6.07) is 9.96. The Morgan fingerprint density at radius 3 is 1.97 bits per heavy atom. The van der Waals surface area contributed by atoms with Crippen LogP contribution in [0.3, 0.4) is 0 Å². The first-order valence-electron chi connectivity index (χ1n) is 12.6. The molecule has 0 radical (unpaired) electrons. The summed E-state index contributed by atoms with van der Waals surface area (Å²) in [4.78, 5) is 2.41. The molecule has 0 amide bonds. The molecule has 1 fully saturated rings. The van der Waals surface area contributed by atoms with Crippen LogP contribution in [0.15, 0.2) is 30.3 Å².